The molecule has 0 aliphatic carbocycles. The number of amides is 1. The molecule has 2 N–H and O–H groups in total. The van der Waals surface area contributed by atoms with Crippen molar-refractivity contribution in [2.24, 2.45) is 5.92 Å². The van der Waals surface area contributed by atoms with Crippen LogP contribution in [0.15, 0.2) is 58.3 Å². The molecule has 0 fully saturated rings. The molecule has 1 amide bonds. The maximum atomic E-state index is 12.7. The molecule has 0 heterocycles. The van der Waals surface area contributed by atoms with Gasteiger partial charge in [-0.3, -0.25) is 4.79 Å². The number of benzene rings is 2. The van der Waals surface area contributed by atoms with Crippen molar-refractivity contribution in [2.45, 2.75) is 36.6 Å². The van der Waals surface area contributed by atoms with E-state index in [0.717, 1.165) is 4.90 Å². The van der Waals surface area contributed by atoms with Gasteiger partial charge in [-0.2, -0.15) is 0 Å². The van der Waals surface area contributed by atoms with Crippen molar-refractivity contribution in [3.63, 3.8) is 0 Å². The third kappa shape index (κ3) is 6.25. The number of carbonyl (C=O) groups is 1. The van der Waals surface area contributed by atoms with Gasteiger partial charge in [0.15, 0.2) is 0 Å². The van der Waals surface area contributed by atoms with E-state index in [1.807, 2.05) is 36.6 Å². The Bertz CT molecular complexity index is 900. The van der Waals surface area contributed by atoms with Crippen LogP contribution >= 0.6 is 11.8 Å². The molecule has 0 aliphatic rings. The summed E-state index contributed by atoms with van der Waals surface area (Å²) in [5.74, 6) is 0.308. The zero-order valence-electron chi connectivity index (χ0n) is 16.4. The number of hydrogen-bond donors (Lipinski definition) is 2. The molecule has 0 aromatic heterocycles. The summed E-state index contributed by atoms with van der Waals surface area (Å²) in [5, 5.41) is 2.80. The summed E-state index contributed by atoms with van der Waals surface area (Å²) >= 11 is 1.44. The van der Waals surface area contributed by atoms with Gasteiger partial charge in [0, 0.05) is 10.8 Å². The Morgan fingerprint density at radius 2 is 1.79 bits per heavy atom. The van der Waals surface area contributed by atoms with Gasteiger partial charge < -0.3 is 10.1 Å². The molecule has 28 heavy (non-hydrogen) atoms. The first-order valence-electron chi connectivity index (χ1n) is 8.92. The SMILES string of the molecule is CSc1ccc(S(=O)(=O)NC(C)COc2ccccc2)cc1NC(=O)C(C)C. The molecule has 0 aliphatic heterocycles. The number of nitrogens with one attached hydrogen (secondary N) is 2. The fourth-order valence-electron chi connectivity index (χ4n) is 2.33. The number of thioether (sulfide) groups is 1. The first-order chi connectivity index (χ1) is 13.2. The van der Waals surface area contributed by atoms with Crippen molar-refractivity contribution in [2.75, 3.05) is 18.2 Å². The Morgan fingerprint density at radius 1 is 1.11 bits per heavy atom. The summed E-state index contributed by atoms with van der Waals surface area (Å²) in [7, 11) is -3.76. The zero-order chi connectivity index (χ0) is 20.7. The number of carbonyl (C=O) groups excluding carboxylic acids is 1. The first-order valence-corrected chi connectivity index (χ1v) is 11.6. The number of sulfonamides is 1. The smallest absolute Gasteiger partial charge is 0.241 e. The predicted molar refractivity (Wildman–Crippen MR) is 113 cm³/mol. The minimum Gasteiger partial charge on any atom is -0.492 e. The van der Waals surface area contributed by atoms with Crippen molar-refractivity contribution >= 4 is 33.4 Å². The van der Waals surface area contributed by atoms with Gasteiger partial charge in [-0.05, 0) is 43.5 Å². The lowest BCUT2D eigenvalue weighted by atomic mass is 10.2. The van der Waals surface area contributed by atoms with Crippen molar-refractivity contribution in [3.8, 4) is 5.75 Å². The van der Waals surface area contributed by atoms with Gasteiger partial charge in [-0.1, -0.05) is 32.0 Å². The highest BCUT2D eigenvalue weighted by Crippen LogP contribution is 2.28. The van der Waals surface area contributed by atoms with Crippen LogP contribution in [0.5, 0.6) is 5.75 Å². The average Bonchev–Trinajstić information content (AvgIpc) is 2.66. The minimum absolute atomic E-state index is 0.0934. The highest BCUT2D eigenvalue weighted by Gasteiger charge is 2.20. The Labute approximate surface area is 171 Å². The molecule has 0 saturated heterocycles. The Balaban J connectivity index is 2.12. The number of hydrogen-bond acceptors (Lipinski definition) is 5. The highest BCUT2D eigenvalue weighted by molar-refractivity contribution is 7.98. The van der Waals surface area contributed by atoms with E-state index in [-0.39, 0.29) is 23.3 Å². The van der Waals surface area contributed by atoms with E-state index in [4.69, 9.17) is 4.74 Å². The monoisotopic (exact) mass is 422 g/mol. The molecule has 8 heteroatoms. The summed E-state index contributed by atoms with van der Waals surface area (Å²) in [6, 6.07) is 13.5. The van der Waals surface area contributed by atoms with Crippen LogP contribution in [-0.4, -0.2) is 33.2 Å². The summed E-state index contributed by atoms with van der Waals surface area (Å²) in [6.45, 7) is 5.50. The van der Waals surface area contributed by atoms with Crippen molar-refractivity contribution in [1.29, 1.82) is 0 Å². The van der Waals surface area contributed by atoms with Crippen molar-refractivity contribution < 1.29 is 17.9 Å². The van der Waals surface area contributed by atoms with E-state index < -0.39 is 16.1 Å². The number of ether oxygens (including phenoxy) is 1. The fourth-order valence-corrected chi connectivity index (χ4v) is 4.12. The lowest BCUT2D eigenvalue weighted by Gasteiger charge is -2.17. The molecule has 1 atom stereocenters. The van der Waals surface area contributed by atoms with Gasteiger partial charge in [-0.25, -0.2) is 13.1 Å². The molecule has 152 valence electrons. The second kappa shape index (κ2) is 9.95. The maximum absolute atomic E-state index is 12.7. The van der Waals surface area contributed by atoms with Gasteiger partial charge in [0.25, 0.3) is 0 Å². The summed E-state index contributed by atoms with van der Waals surface area (Å²) in [6.07, 6.45) is 1.87. The van der Waals surface area contributed by atoms with E-state index in [1.54, 1.807) is 26.8 Å². The van der Waals surface area contributed by atoms with Crippen LogP contribution in [0.25, 0.3) is 0 Å². The second-order valence-corrected chi connectivity index (χ2v) is 9.21. The third-order valence-corrected chi connectivity index (χ3v) is 6.25. The van der Waals surface area contributed by atoms with Crippen LogP contribution in [-0.2, 0) is 14.8 Å². The van der Waals surface area contributed by atoms with Crippen LogP contribution < -0.4 is 14.8 Å². The topological polar surface area (TPSA) is 84.5 Å². The van der Waals surface area contributed by atoms with Gasteiger partial charge in [0.05, 0.1) is 16.6 Å². The molecule has 2 aromatic carbocycles. The van der Waals surface area contributed by atoms with Crippen LogP contribution in [0.4, 0.5) is 5.69 Å². The molecular formula is C20H26N2O4S2. The second-order valence-electron chi connectivity index (χ2n) is 6.65. The number of anilines is 1. The largest absolute Gasteiger partial charge is 0.492 e. The van der Waals surface area contributed by atoms with E-state index in [2.05, 4.69) is 10.0 Å². The standard InChI is InChI=1S/C20H26N2O4S2/c1-14(2)20(23)21-18-12-17(10-11-19(18)27-4)28(24,25)22-15(3)13-26-16-8-6-5-7-9-16/h5-12,14-15,22H,13H2,1-4H3,(H,21,23). The Hall–Kier alpha value is -2.03. The minimum atomic E-state index is -3.76. The number of rotatable bonds is 9. The molecule has 2 rings (SSSR count). The lowest BCUT2D eigenvalue weighted by molar-refractivity contribution is -0.118. The number of para-hydroxylation sites is 1. The molecule has 0 saturated carbocycles. The highest BCUT2D eigenvalue weighted by atomic mass is 32.2. The molecule has 0 spiro atoms. The quantitative estimate of drug-likeness (QED) is 0.601. The Morgan fingerprint density at radius 3 is 2.39 bits per heavy atom. The van der Waals surface area contributed by atoms with Gasteiger partial charge in [-0.15, -0.1) is 11.8 Å². The van der Waals surface area contributed by atoms with Crippen LogP contribution in [0.1, 0.15) is 20.8 Å². The molecule has 6 nitrogen and oxygen atoms in total. The fraction of sp³-hybridized carbons (Fsp3) is 0.350. The molecule has 2 aromatic rings. The van der Waals surface area contributed by atoms with Crippen LogP contribution in [0.3, 0.4) is 0 Å². The normalized spacial score (nSPS) is 12.6. The zero-order valence-corrected chi connectivity index (χ0v) is 18.1. The average molecular weight is 423 g/mol. The summed E-state index contributed by atoms with van der Waals surface area (Å²) in [4.78, 5) is 12.9. The lowest BCUT2D eigenvalue weighted by Crippen LogP contribution is -2.36. The maximum Gasteiger partial charge on any atom is 0.241 e. The van der Waals surface area contributed by atoms with Crippen LogP contribution in [0, 0.1) is 5.92 Å². The molecule has 0 bridgehead atoms. The van der Waals surface area contributed by atoms with Crippen molar-refractivity contribution in [3.05, 3.63) is 48.5 Å². The molecule has 1 unspecified atom stereocenters. The van der Waals surface area contributed by atoms with E-state index in [9.17, 15) is 13.2 Å². The predicted octanol–water partition coefficient (Wildman–Crippen LogP) is 3.75. The third-order valence-electron chi connectivity index (χ3n) is 3.86. The first kappa shape index (κ1) is 22.3. The van der Waals surface area contributed by atoms with Gasteiger partial charge in [0.2, 0.25) is 15.9 Å². The van der Waals surface area contributed by atoms with Gasteiger partial charge >= 0.3 is 0 Å². The molecular weight excluding hydrogens is 396 g/mol. The van der Waals surface area contributed by atoms with Crippen molar-refractivity contribution in [1.82, 2.24) is 4.72 Å². The van der Waals surface area contributed by atoms with E-state index in [1.165, 1.54) is 23.9 Å². The molecule has 0 radical (unpaired) electrons. The van der Waals surface area contributed by atoms with Crippen LogP contribution in [0.2, 0.25) is 0 Å². The van der Waals surface area contributed by atoms with E-state index in [0.29, 0.717) is 11.4 Å². The summed E-state index contributed by atoms with van der Waals surface area (Å²) < 4.78 is 33.7. The van der Waals surface area contributed by atoms with E-state index >= 15 is 0 Å². The Kier molecular flexibility index (Phi) is 7.91. The van der Waals surface area contributed by atoms with Gasteiger partial charge in [0.1, 0.15) is 12.4 Å². The summed E-state index contributed by atoms with van der Waals surface area (Å²) in [5.41, 5.74) is 0.488.